The molecule has 6 heteroatoms. The Kier molecular flexibility index (Phi) is 4.71. The summed E-state index contributed by atoms with van der Waals surface area (Å²) in [6.45, 7) is 1.91. The van der Waals surface area contributed by atoms with Gasteiger partial charge in [0.25, 0.3) is 0 Å². The first-order chi connectivity index (χ1) is 12.6. The van der Waals surface area contributed by atoms with Gasteiger partial charge in [-0.25, -0.2) is 8.42 Å². The van der Waals surface area contributed by atoms with Gasteiger partial charge < -0.3 is 4.90 Å². The van der Waals surface area contributed by atoms with E-state index in [1.807, 2.05) is 35.2 Å². The first kappa shape index (κ1) is 17.5. The lowest BCUT2D eigenvalue weighted by Crippen LogP contribution is -2.49. The van der Waals surface area contributed by atoms with Crippen LogP contribution in [0, 0.1) is 0 Å². The lowest BCUT2D eigenvalue weighted by Gasteiger charge is -2.32. The van der Waals surface area contributed by atoms with Gasteiger partial charge in [0.2, 0.25) is 15.9 Å². The SMILES string of the molecule is O=C([C@@H]1CCCN1S(=O)(=O)c1ccc2ccccc2c1)N1CCCCC1. The average Bonchev–Trinajstić information content (AvgIpc) is 3.18. The third-order valence-corrected chi connectivity index (χ3v) is 7.39. The van der Waals surface area contributed by atoms with Crippen molar-refractivity contribution in [3.05, 3.63) is 42.5 Å². The van der Waals surface area contributed by atoms with Crippen LogP contribution in [0.5, 0.6) is 0 Å². The van der Waals surface area contributed by atoms with Crippen molar-refractivity contribution in [3.8, 4) is 0 Å². The molecule has 2 aromatic carbocycles. The maximum atomic E-state index is 13.2. The summed E-state index contributed by atoms with van der Waals surface area (Å²) in [6, 6.07) is 12.4. The van der Waals surface area contributed by atoms with Gasteiger partial charge in [0.1, 0.15) is 6.04 Å². The highest BCUT2D eigenvalue weighted by Crippen LogP contribution is 2.29. The standard InChI is InChI=1S/C20H24N2O3S/c23-20(21-12-4-1-5-13-21)19-9-6-14-22(19)26(24,25)18-11-10-16-7-2-3-8-17(16)15-18/h2-3,7-8,10-11,15,19H,1,4-6,9,12-14H2/t19-/m0/s1. The Morgan fingerprint density at radius 3 is 2.38 bits per heavy atom. The molecule has 2 aliphatic heterocycles. The van der Waals surface area contributed by atoms with E-state index in [0.29, 0.717) is 13.0 Å². The Morgan fingerprint density at radius 1 is 0.885 bits per heavy atom. The Labute approximate surface area is 154 Å². The largest absolute Gasteiger partial charge is 0.341 e. The van der Waals surface area contributed by atoms with E-state index in [1.54, 1.807) is 12.1 Å². The van der Waals surface area contributed by atoms with Crippen LogP contribution in [0.15, 0.2) is 47.4 Å². The Balaban J connectivity index is 1.63. The number of likely N-dealkylation sites (tertiary alicyclic amines) is 1. The minimum Gasteiger partial charge on any atom is -0.341 e. The smallest absolute Gasteiger partial charge is 0.243 e. The monoisotopic (exact) mass is 372 g/mol. The number of carbonyl (C=O) groups excluding carboxylic acids is 1. The van der Waals surface area contributed by atoms with Gasteiger partial charge in [0.15, 0.2) is 0 Å². The summed E-state index contributed by atoms with van der Waals surface area (Å²) in [5.41, 5.74) is 0. The summed E-state index contributed by atoms with van der Waals surface area (Å²) >= 11 is 0. The van der Waals surface area contributed by atoms with E-state index in [9.17, 15) is 13.2 Å². The summed E-state index contributed by atoms with van der Waals surface area (Å²) < 4.78 is 27.9. The van der Waals surface area contributed by atoms with Gasteiger partial charge in [0.05, 0.1) is 4.90 Å². The zero-order valence-corrected chi connectivity index (χ0v) is 15.6. The number of benzene rings is 2. The molecule has 26 heavy (non-hydrogen) atoms. The van der Waals surface area contributed by atoms with E-state index in [4.69, 9.17) is 0 Å². The molecular formula is C20H24N2O3S. The van der Waals surface area contributed by atoms with Crippen LogP contribution in [0.25, 0.3) is 10.8 Å². The molecule has 0 spiro atoms. The molecule has 0 aliphatic carbocycles. The Bertz CT molecular complexity index is 920. The van der Waals surface area contributed by atoms with E-state index in [-0.39, 0.29) is 10.8 Å². The fourth-order valence-electron chi connectivity index (χ4n) is 4.06. The molecule has 2 heterocycles. The van der Waals surface area contributed by atoms with Crippen molar-refractivity contribution in [3.63, 3.8) is 0 Å². The summed E-state index contributed by atoms with van der Waals surface area (Å²) in [6.07, 6.45) is 4.51. The molecule has 0 unspecified atom stereocenters. The fraction of sp³-hybridized carbons (Fsp3) is 0.450. The maximum absolute atomic E-state index is 13.2. The molecule has 4 rings (SSSR count). The zero-order chi connectivity index (χ0) is 18.1. The predicted octanol–water partition coefficient (Wildman–Crippen LogP) is 3.01. The van der Waals surface area contributed by atoms with Crippen LogP contribution in [0.2, 0.25) is 0 Å². The third-order valence-electron chi connectivity index (χ3n) is 5.48. The Morgan fingerprint density at radius 2 is 1.62 bits per heavy atom. The second-order valence-corrected chi connectivity index (χ2v) is 9.06. The van der Waals surface area contributed by atoms with Crippen molar-refractivity contribution in [2.24, 2.45) is 0 Å². The van der Waals surface area contributed by atoms with E-state index in [0.717, 1.165) is 49.5 Å². The minimum atomic E-state index is -3.68. The highest BCUT2D eigenvalue weighted by molar-refractivity contribution is 7.89. The first-order valence-corrected chi connectivity index (χ1v) is 10.8. The van der Waals surface area contributed by atoms with Gasteiger partial charge in [-0.2, -0.15) is 4.31 Å². The zero-order valence-electron chi connectivity index (χ0n) is 14.8. The number of hydrogen-bond acceptors (Lipinski definition) is 3. The van der Waals surface area contributed by atoms with Crippen molar-refractivity contribution in [1.82, 2.24) is 9.21 Å². The van der Waals surface area contributed by atoms with Gasteiger partial charge in [-0.15, -0.1) is 0 Å². The first-order valence-electron chi connectivity index (χ1n) is 9.37. The Hall–Kier alpha value is -1.92. The molecule has 2 fully saturated rings. The molecule has 1 atom stereocenters. The number of fused-ring (bicyclic) bond motifs is 1. The lowest BCUT2D eigenvalue weighted by molar-refractivity contribution is -0.135. The molecule has 0 aromatic heterocycles. The second-order valence-electron chi connectivity index (χ2n) is 7.17. The van der Waals surface area contributed by atoms with Gasteiger partial charge in [-0.05, 0) is 55.0 Å². The van der Waals surface area contributed by atoms with Crippen LogP contribution in [0.1, 0.15) is 32.1 Å². The fourth-order valence-corrected chi connectivity index (χ4v) is 5.75. The summed E-state index contributed by atoms with van der Waals surface area (Å²) in [5.74, 6) is -0.0217. The molecule has 1 amide bonds. The van der Waals surface area contributed by atoms with Gasteiger partial charge in [-0.1, -0.05) is 30.3 Å². The number of rotatable bonds is 3. The highest BCUT2D eigenvalue weighted by Gasteiger charge is 2.41. The van der Waals surface area contributed by atoms with Gasteiger partial charge in [-0.3, -0.25) is 4.79 Å². The number of amides is 1. The maximum Gasteiger partial charge on any atom is 0.243 e. The molecule has 0 saturated carbocycles. The van der Waals surface area contributed by atoms with Crippen LogP contribution in [-0.4, -0.2) is 49.2 Å². The van der Waals surface area contributed by atoms with Crippen LogP contribution in [-0.2, 0) is 14.8 Å². The molecule has 0 radical (unpaired) electrons. The van der Waals surface area contributed by atoms with Crippen molar-refractivity contribution in [2.45, 2.75) is 43.0 Å². The highest BCUT2D eigenvalue weighted by atomic mass is 32.2. The molecule has 138 valence electrons. The van der Waals surface area contributed by atoms with E-state index in [1.165, 1.54) is 4.31 Å². The van der Waals surface area contributed by atoms with Crippen LogP contribution in [0.4, 0.5) is 0 Å². The van der Waals surface area contributed by atoms with Crippen molar-refractivity contribution >= 4 is 26.7 Å². The molecule has 0 N–H and O–H groups in total. The van der Waals surface area contributed by atoms with Gasteiger partial charge in [0, 0.05) is 19.6 Å². The second kappa shape index (κ2) is 7.00. The van der Waals surface area contributed by atoms with E-state index in [2.05, 4.69) is 0 Å². The van der Waals surface area contributed by atoms with E-state index < -0.39 is 16.1 Å². The predicted molar refractivity (Wildman–Crippen MR) is 101 cm³/mol. The van der Waals surface area contributed by atoms with Crippen molar-refractivity contribution < 1.29 is 13.2 Å². The molecule has 2 aromatic rings. The van der Waals surface area contributed by atoms with Crippen molar-refractivity contribution in [2.75, 3.05) is 19.6 Å². The number of hydrogen-bond donors (Lipinski definition) is 0. The number of sulfonamides is 1. The lowest BCUT2D eigenvalue weighted by atomic mass is 10.1. The quantitative estimate of drug-likeness (QED) is 0.832. The summed E-state index contributed by atoms with van der Waals surface area (Å²) in [4.78, 5) is 15.0. The van der Waals surface area contributed by atoms with E-state index >= 15 is 0 Å². The molecule has 2 aliphatic rings. The number of piperidine rings is 1. The van der Waals surface area contributed by atoms with Crippen LogP contribution in [0.3, 0.4) is 0 Å². The molecule has 2 saturated heterocycles. The topological polar surface area (TPSA) is 57.7 Å². The molecule has 0 bridgehead atoms. The normalized spacial score (nSPS) is 22.0. The number of carbonyl (C=O) groups is 1. The number of nitrogens with zero attached hydrogens (tertiary/aromatic N) is 2. The van der Waals surface area contributed by atoms with Crippen LogP contribution >= 0.6 is 0 Å². The third kappa shape index (κ3) is 3.12. The summed E-state index contributed by atoms with van der Waals surface area (Å²) in [7, 11) is -3.68. The molecule has 5 nitrogen and oxygen atoms in total. The van der Waals surface area contributed by atoms with Crippen LogP contribution < -0.4 is 0 Å². The van der Waals surface area contributed by atoms with Crippen molar-refractivity contribution in [1.29, 1.82) is 0 Å². The molecular weight excluding hydrogens is 348 g/mol. The minimum absolute atomic E-state index is 0.0217. The average molecular weight is 372 g/mol. The van der Waals surface area contributed by atoms with Gasteiger partial charge >= 0.3 is 0 Å². The summed E-state index contributed by atoms with van der Waals surface area (Å²) in [5, 5.41) is 1.90.